The van der Waals surface area contributed by atoms with E-state index in [0.717, 1.165) is 24.6 Å². The highest BCUT2D eigenvalue weighted by Crippen LogP contribution is 2.27. The summed E-state index contributed by atoms with van der Waals surface area (Å²) in [4.78, 5) is 0. The van der Waals surface area contributed by atoms with Gasteiger partial charge in [0.05, 0.1) is 0 Å². The Kier molecular flexibility index (Phi) is 3.62. The molecule has 0 amide bonds. The van der Waals surface area contributed by atoms with Crippen molar-refractivity contribution in [1.29, 1.82) is 0 Å². The average molecular weight is 204 g/mol. The van der Waals surface area contributed by atoms with Crippen molar-refractivity contribution in [2.24, 2.45) is 5.92 Å². The highest BCUT2D eigenvalue weighted by molar-refractivity contribution is 5.40. The summed E-state index contributed by atoms with van der Waals surface area (Å²) in [6, 6.07) is 8.19. The van der Waals surface area contributed by atoms with Crippen LogP contribution in [0.4, 0.5) is 5.69 Å². The maximum absolute atomic E-state index is 5.72. The van der Waals surface area contributed by atoms with Crippen molar-refractivity contribution in [3.05, 3.63) is 29.8 Å². The Morgan fingerprint density at radius 3 is 2.93 bits per heavy atom. The smallest absolute Gasteiger partial charge is 0.0316 e. The fraction of sp³-hybridized carbons (Fsp3) is 0.538. The van der Waals surface area contributed by atoms with Crippen LogP contribution in [0.2, 0.25) is 0 Å². The van der Waals surface area contributed by atoms with Crippen molar-refractivity contribution in [1.82, 2.24) is 5.32 Å². The van der Waals surface area contributed by atoms with Gasteiger partial charge in [-0.15, -0.1) is 0 Å². The zero-order valence-electron chi connectivity index (χ0n) is 9.21. The Labute approximate surface area is 91.9 Å². The van der Waals surface area contributed by atoms with Gasteiger partial charge in [-0.25, -0.2) is 0 Å². The van der Waals surface area contributed by atoms with Crippen molar-refractivity contribution in [3.63, 3.8) is 0 Å². The van der Waals surface area contributed by atoms with E-state index in [1.807, 2.05) is 12.1 Å². The third-order valence-corrected chi connectivity index (χ3v) is 2.90. The molecule has 0 atom stereocenters. The van der Waals surface area contributed by atoms with Crippen LogP contribution in [0, 0.1) is 5.92 Å². The lowest BCUT2D eigenvalue weighted by Crippen LogP contribution is -2.18. The van der Waals surface area contributed by atoms with E-state index in [1.54, 1.807) is 0 Å². The van der Waals surface area contributed by atoms with Crippen LogP contribution < -0.4 is 11.1 Å². The summed E-state index contributed by atoms with van der Waals surface area (Å²) in [6.07, 6.45) is 5.20. The Hall–Kier alpha value is -1.02. The molecular formula is C13H20N2. The number of benzene rings is 1. The monoisotopic (exact) mass is 204 g/mol. The quantitative estimate of drug-likeness (QED) is 0.550. The summed E-state index contributed by atoms with van der Waals surface area (Å²) in [7, 11) is 0. The average Bonchev–Trinajstić information content (AvgIpc) is 3.01. The molecule has 0 bridgehead atoms. The van der Waals surface area contributed by atoms with Crippen LogP contribution in [0.15, 0.2) is 24.3 Å². The van der Waals surface area contributed by atoms with Crippen molar-refractivity contribution >= 4 is 5.69 Å². The molecule has 0 unspecified atom stereocenters. The number of aryl methyl sites for hydroxylation is 1. The second kappa shape index (κ2) is 5.17. The minimum Gasteiger partial charge on any atom is -0.399 e. The Morgan fingerprint density at radius 2 is 2.20 bits per heavy atom. The second-order valence-electron chi connectivity index (χ2n) is 4.50. The van der Waals surface area contributed by atoms with Crippen molar-refractivity contribution in [3.8, 4) is 0 Å². The van der Waals surface area contributed by atoms with E-state index in [2.05, 4.69) is 17.4 Å². The summed E-state index contributed by atoms with van der Waals surface area (Å²) in [6.45, 7) is 2.35. The minimum absolute atomic E-state index is 0.874. The molecule has 0 saturated heterocycles. The van der Waals surface area contributed by atoms with Crippen LogP contribution in [-0.4, -0.2) is 13.1 Å². The van der Waals surface area contributed by atoms with Gasteiger partial charge in [-0.05, 0) is 62.4 Å². The van der Waals surface area contributed by atoms with E-state index in [9.17, 15) is 0 Å². The number of rotatable bonds is 6. The molecule has 0 heterocycles. The fourth-order valence-corrected chi connectivity index (χ4v) is 1.79. The fourth-order valence-electron chi connectivity index (χ4n) is 1.79. The van der Waals surface area contributed by atoms with Gasteiger partial charge >= 0.3 is 0 Å². The van der Waals surface area contributed by atoms with Gasteiger partial charge < -0.3 is 11.1 Å². The number of nitrogens with one attached hydrogen (secondary N) is 1. The summed E-state index contributed by atoms with van der Waals surface area (Å²) >= 11 is 0. The molecule has 15 heavy (non-hydrogen) atoms. The molecule has 1 aromatic carbocycles. The summed E-state index contributed by atoms with van der Waals surface area (Å²) in [5, 5.41) is 3.50. The standard InChI is InChI=1S/C13H20N2/c14-13-5-1-3-11(9-13)4-2-8-15-10-12-6-7-12/h1,3,5,9,12,15H,2,4,6-8,10,14H2. The van der Waals surface area contributed by atoms with E-state index in [0.29, 0.717) is 0 Å². The lowest BCUT2D eigenvalue weighted by Gasteiger charge is -2.04. The second-order valence-corrected chi connectivity index (χ2v) is 4.50. The third-order valence-electron chi connectivity index (χ3n) is 2.90. The maximum atomic E-state index is 5.72. The molecule has 0 spiro atoms. The van der Waals surface area contributed by atoms with Gasteiger partial charge in [-0.2, -0.15) is 0 Å². The van der Waals surface area contributed by atoms with Gasteiger partial charge in [0.1, 0.15) is 0 Å². The van der Waals surface area contributed by atoms with Gasteiger partial charge in [0.2, 0.25) is 0 Å². The normalized spacial score (nSPS) is 15.5. The molecule has 2 heteroatoms. The number of nitrogen functional groups attached to an aromatic ring is 1. The van der Waals surface area contributed by atoms with Crippen LogP contribution in [-0.2, 0) is 6.42 Å². The van der Waals surface area contributed by atoms with Crippen molar-refractivity contribution < 1.29 is 0 Å². The minimum atomic E-state index is 0.874. The Bertz CT molecular complexity index is 305. The van der Waals surface area contributed by atoms with Crippen LogP contribution in [0.3, 0.4) is 0 Å². The maximum Gasteiger partial charge on any atom is 0.0316 e. The van der Waals surface area contributed by atoms with E-state index in [4.69, 9.17) is 5.73 Å². The van der Waals surface area contributed by atoms with Crippen LogP contribution in [0.5, 0.6) is 0 Å². The first-order valence-electron chi connectivity index (χ1n) is 5.90. The van der Waals surface area contributed by atoms with Gasteiger partial charge in [0.15, 0.2) is 0 Å². The molecule has 82 valence electrons. The first kappa shape index (κ1) is 10.5. The molecule has 1 aliphatic carbocycles. The number of nitrogens with two attached hydrogens (primary N) is 1. The van der Waals surface area contributed by atoms with E-state index in [-0.39, 0.29) is 0 Å². The highest BCUT2D eigenvalue weighted by Gasteiger charge is 2.19. The van der Waals surface area contributed by atoms with Gasteiger partial charge in [0, 0.05) is 5.69 Å². The molecule has 0 radical (unpaired) electrons. The molecule has 3 N–H and O–H groups in total. The number of hydrogen-bond acceptors (Lipinski definition) is 2. The Morgan fingerprint density at radius 1 is 1.33 bits per heavy atom. The molecular weight excluding hydrogens is 184 g/mol. The molecule has 1 fully saturated rings. The van der Waals surface area contributed by atoms with Crippen molar-refractivity contribution in [2.75, 3.05) is 18.8 Å². The van der Waals surface area contributed by atoms with E-state index < -0.39 is 0 Å². The molecule has 1 aliphatic rings. The lowest BCUT2D eigenvalue weighted by molar-refractivity contribution is 0.613. The predicted octanol–water partition coefficient (Wildman–Crippen LogP) is 2.20. The molecule has 2 rings (SSSR count). The Balaban J connectivity index is 1.60. The number of anilines is 1. The predicted molar refractivity (Wildman–Crippen MR) is 64.8 cm³/mol. The summed E-state index contributed by atoms with van der Waals surface area (Å²) < 4.78 is 0. The highest BCUT2D eigenvalue weighted by atomic mass is 14.9. The number of hydrogen-bond donors (Lipinski definition) is 2. The zero-order valence-corrected chi connectivity index (χ0v) is 9.21. The largest absolute Gasteiger partial charge is 0.399 e. The van der Waals surface area contributed by atoms with Crippen LogP contribution >= 0.6 is 0 Å². The van der Waals surface area contributed by atoms with E-state index >= 15 is 0 Å². The lowest BCUT2D eigenvalue weighted by atomic mass is 10.1. The zero-order chi connectivity index (χ0) is 10.5. The molecule has 1 saturated carbocycles. The van der Waals surface area contributed by atoms with Gasteiger partial charge in [-0.3, -0.25) is 0 Å². The SMILES string of the molecule is Nc1cccc(CCCNCC2CC2)c1. The molecule has 1 aromatic rings. The molecule has 0 aromatic heterocycles. The first-order chi connectivity index (χ1) is 7.34. The molecule has 0 aliphatic heterocycles. The summed E-state index contributed by atoms with van der Waals surface area (Å²) in [5.41, 5.74) is 7.95. The van der Waals surface area contributed by atoms with Gasteiger partial charge in [-0.1, -0.05) is 12.1 Å². The van der Waals surface area contributed by atoms with Crippen molar-refractivity contribution in [2.45, 2.75) is 25.7 Å². The van der Waals surface area contributed by atoms with E-state index in [1.165, 1.54) is 31.4 Å². The van der Waals surface area contributed by atoms with Crippen LogP contribution in [0.1, 0.15) is 24.8 Å². The summed E-state index contributed by atoms with van der Waals surface area (Å²) in [5.74, 6) is 0.984. The first-order valence-corrected chi connectivity index (χ1v) is 5.90. The van der Waals surface area contributed by atoms with Gasteiger partial charge in [0.25, 0.3) is 0 Å². The van der Waals surface area contributed by atoms with Crippen LogP contribution in [0.25, 0.3) is 0 Å². The third kappa shape index (κ3) is 3.92. The molecule has 2 nitrogen and oxygen atoms in total. The topological polar surface area (TPSA) is 38.0 Å².